The standard InChI is InChI=1S/C36H32F2N4O3/c37-42(38)22-21-39-24-33(42)34(43)23-29-13-8-12-26-11-4-7-16-32(26)41(29)36(45)27-17-19-28(20-18-27)40-35(44)31-15-6-5-14-30(31)25-9-2-1-3-10-25/h1-7,9-11,14-20,23,33,39H,8,12-13,21-22,24H2/p+1. The third-order valence-corrected chi connectivity index (χ3v) is 8.27. The van der Waals surface area contributed by atoms with Crippen molar-refractivity contribution in [1.82, 2.24) is 5.32 Å². The molecule has 7 nitrogen and oxygen atoms in total. The van der Waals surface area contributed by atoms with E-state index in [-0.39, 0.29) is 19.0 Å². The highest BCUT2D eigenvalue weighted by atomic mass is 19.4. The largest absolute Gasteiger partial charge is 0.322 e. The molecule has 2 aliphatic heterocycles. The molecule has 2 N–H and O–H groups in total. The maximum Gasteiger partial charge on any atom is 0.262 e. The van der Waals surface area contributed by atoms with Gasteiger partial charge in [-0.1, -0.05) is 66.7 Å². The fourth-order valence-electron chi connectivity index (χ4n) is 5.92. The van der Waals surface area contributed by atoms with Crippen molar-refractivity contribution >= 4 is 29.0 Å². The molecule has 0 aromatic heterocycles. The summed E-state index contributed by atoms with van der Waals surface area (Å²) in [5.74, 6) is -1.39. The summed E-state index contributed by atoms with van der Waals surface area (Å²) >= 11 is 0. The van der Waals surface area contributed by atoms with E-state index in [2.05, 4.69) is 10.6 Å². The van der Waals surface area contributed by atoms with E-state index >= 15 is 0 Å². The molecule has 4 aromatic rings. The van der Waals surface area contributed by atoms with E-state index in [4.69, 9.17) is 0 Å². The van der Waals surface area contributed by atoms with E-state index in [0.29, 0.717) is 47.5 Å². The number of hydrogen-bond donors (Lipinski definition) is 2. The number of anilines is 2. The maximum absolute atomic E-state index is 14.6. The zero-order chi connectivity index (χ0) is 31.4. The van der Waals surface area contributed by atoms with Crippen LogP contribution in [0.2, 0.25) is 0 Å². The van der Waals surface area contributed by atoms with Crippen LogP contribution in [0.25, 0.3) is 11.1 Å². The quantitative estimate of drug-likeness (QED) is 0.191. The highest BCUT2D eigenvalue weighted by Crippen LogP contribution is 2.34. The Labute approximate surface area is 260 Å². The second-order valence-electron chi connectivity index (χ2n) is 11.2. The fraction of sp³-hybridized carbons (Fsp3) is 0.194. The van der Waals surface area contributed by atoms with Crippen LogP contribution >= 0.6 is 0 Å². The van der Waals surface area contributed by atoms with Gasteiger partial charge in [-0.2, -0.15) is 0 Å². The Balaban J connectivity index is 1.27. The Bertz CT molecular complexity index is 1760. The lowest BCUT2D eigenvalue weighted by atomic mass is 9.99. The van der Waals surface area contributed by atoms with Crippen molar-refractivity contribution < 1.29 is 28.3 Å². The van der Waals surface area contributed by atoms with Crippen molar-refractivity contribution in [2.75, 3.05) is 29.9 Å². The van der Waals surface area contributed by atoms with Crippen molar-refractivity contribution in [2.45, 2.75) is 25.3 Å². The average molecular weight is 608 g/mol. The van der Waals surface area contributed by atoms with Gasteiger partial charge in [0.25, 0.3) is 11.8 Å². The van der Waals surface area contributed by atoms with Crippen LogP contribution in [0.5, 0.6) is 0 Å². The first kappa shape index (κ1) is 30.1. The molecular formula is C36H33F2N4O3+. The molecule has 1 saturated heterocycles. The van der Waals surface area contributed by atoms with Gasteiger partial charge in [-0.15, -0.1) is 0 Å². The van der Waals surface area contributed by atoms with Gasteiger partial charge in [0.15, 0.2) is 6.54 Å². The third-order valence-electron chi connectivity index (χ3n) is 8.27. The molecule has 0 saturated carbocycles. The number of aryl methyl sites for hydroxylation is 1. The minimum Gasteiger partial charge on any atom is -0.322 e. The van der Waals surface area contributed by atoms with Crippen molar-refractivity contribution in [3.8, 4) is 11.1 Å². The molecule has 0 spiro atoms. The van der Waals surface area contributed by atoms with Gasteiger partial charge in [-0.3, -0.25) is 19.3 Å². The minimum absolute atomic E-state index is 0.126. The smallest absolute Gasteiger partial charge is 0.262 e. The first-order valence-corrected chi connectivity index (χ1v) is 15.0. The molecule has 228 valence electrons. The molecule has 0 bridgehead atoms. The van der Waals surface area contributed by atoms with Crippen molar-refractivity contribution in [3.05, 3.63) is 132 Å². The number of carbonyl (C=O) groups is 3. The Kier molecular flexibility index (Phi) is 8.64. The van der Waals surface area contributed by atoms with Gasteiger partial charge >= 0.3 is 0 Å². The van der Waals surface area contributed by atoms with Gasteiger partial charge in [0.05, 0.1) is 23.7 Å². The number of carbonyl (C=O) groups excluding carboxylic acids is 3. The maximum atomic E-state index is 14.6. The number of quaternary nitrogens is 1. The third kappa shape index (κ3) is 6.45. The van der Waals surface area contributed by atoms with E-state index in [1.807, 2.05) is 72.8 Å². The van der Waals surface area contributed by atoms with Crippen LogP contribution in [-0.4, -0.2) is 48.2 Å². The molecule has 1 fully saturated rings. The van der Waals surface area contributed by atoms with Crippen LogP contribution in [0.4, 0.5) is 20.3 Å². The van der Waals surface area contributed by atoms with Crippen molar-refractivity contribution in [3.63, 3.8) is 0 Å². The second kappa shape index (κ2) is 12.9. The molecule has 2 amide bonds. The number of piperazine rings is 1. The molecule has 9 heteroatoms. The molecular weight excluding hydrogens is 574 g/mol. The van der Waals surface area contributed by atoms with Gasteiger partial charge < -0.3 is 10.6 Å². The summed E-state index contributed by atoms with van der Waals surface area (Å²) in [6.07, 6.45) is 2.93. The van der Waals surface area contributed by atoms with Gasteiger partial charge in [0, 0.05) is 37.5 Å². The molecule has 1 atom stereocenters. The highest BCUT2D eigenvalue weighted by molar-refractivity contribution is 6.11. The topological polar surface area (TPSA) is 78.5 Å². The summed E-state index contributed by atoms with van der Waals surface area (Å²) in [6, 6.07) is 29.4. The van der Waals surface area contributed by atoms with Crippen molar-refractivity contribution in [1.29, 1.82) is 0 Å². The van der Waals surface area contributed by atoms with Gasteiger partial charge in [0.2, 0.25) is 11.8 Å². The number of nitrogens with zero attached hydrogens (tertiary/aromatic N) is 2. The molecule has 6 rings (SSSR count). The number of hydrogen-bond acceptors (Lipinski definition) is 4. The predicted molar refractivity (Wildman–Crippen MR) is 170 cm³/mol. The number of nitrogens with one attached hydrogen (secondary N) is 2. The summed E-state index contributed by atoms with van der Waals surface area (Å²) in [5, 5.41) is 5.80. The average Bonchev–Trinajstić information content (AvgIpc) is 3.24. The minimum atomic E-state index is -2.39. The number of para-hydroxylation sites is 1. The lowest BCUT2D eigenvalue weighted by molar-refractivity contribution is -1.18. The number of fused-ring (bicyclic) bond motifs is 1. The highest BCUT2D eigenvalue weighted by Gasteiger charge is 2.48. The molecule has 2 aliphatic rings. The van der Waals surface area contributed by atoms with Crippen LogP contribution in [-0.2, 0) is 11.2 Å². The molecule has 2 heterocycles. The van der Waals surface area contributed by atoms with Crippen LogP contribution in [0, 0.1) is 0 Å². The Morgan fingerprint density at radius 2 is 1.56 bits per heavy atom. The molecule has 45 heavy (non-hydrogen) atoms. The van der Waals surface area contributed by atoms with E-state index in [1.54, 1.807) is 30.3 Å². The normalized spacial score (nSPS) is 18.5. The number of ketones is 1. The zero-order valence-corrected chi connectivity index (χ0v) is 24.6. The molecule has 4 aromatic carbocycles. The summed E-state index contributed by atoms with van der Waals surface area (Å²) in [6.45, 7) is -0.476. The lowest BCUT2D eigenvalue weighted by Crippen LogP contribution is -2.58. The van der Waals surface area contributed by atoms with Crippen molar-refractivity contribution in [2.24, 2.45) is 0 Å². The van der Waals surface area contributed by atoms with Gasteiger partial charge in [0.1, 0.15) is 0 Å². The summed E-state index contributed by atoms with van der Waals surface area (Å²) in [4.78, 5) is 39.7. The predicted octanol–water partition coefficient (Wildman–Crippen LogP) is 6.60. The Morgan fingerprint density at radius 1 is 0.844 bits per heavy atom. The van der Waals surface area contributed by atoms with Gasteiger partial charge in [-0.05, 0) is 72.4 Å². The monoisotopic (exact) mass is 607 g/mol. The zero-order valence-electron chi connectivity index (χ0n) is 24.6. The molecule has 0 aliphatic carbocycles. The number of amides is 2. The number of rotatable bonds is 6. The van der Waals surface area contributed by atoms with Crippen LogP contribution in [0.1, 0.15) is 39.1 Å². The number of halogens is 2. The molecule has 1 unspecified atom stereocenters. The fourth-order valence-corrected chi connectivity index (χ4v) is 5.92. The number of allylic oxidation sites excluding steroid dienone is 1. The van der Waals surface area contributed by atoms with E-state index < -0.39 is 29.2 Å². The summed E-state index contributed by atoms with van der Waals surface area (Å²) in [5.41, 5.74) is 5.01. The summed E-state index contributed by atoms with van der Waals surface area (Å²) < 4.78 is 29.2. The summed E-state index contributed by atoms with van der Waals surface area (Å²) in [7, 11) is 0. The first-order valence-electron chi connectivity index (χ1n) is 15.0. The van der Waals surface area contributed by atoms with E-state index in [1.165, 1.54) is 11.0 Å². The molecule has 0 radical (unpaired) electrons. The first-order chi connectivity index (χ1) is 21.8. The van der Waals surface area contributed by atoms with Crippen LogP contribution < -0.4 is 15.5 Å². The van der Waals surface area contributed by atoms with Crippen LogP contribution in [0.3, 0.4) is 0 Å². The lowest BCUT2D eigenvalue weighted by Gasteiger charge is -2.28. The Hall–Kier alpha value is -4.99. The number of benzene rings is 4. The van der Waals surface area contributed by atoms with Gasteiger partial charge in [-0.25, -0.2) is 0 Å². The second-order valence-corrected chi connectivity index (χ2v) is 11.2. The van der Waals surface area contributed by atoms with E-state index in [0.717, 1.165) is 16.7 Å². The van der Waals surface area contributed by atoms with Crippen LogP contribution in [0.15, 0.2) is 115 Å². The Morgan fingerprint density at radius 3 is 2.33 bits per heavy atom. The SMILES string of the molecule is O=C(Nc1ccc(C(=O)N2C(=CC(=O)C3CNCC[N+]3(F)F)CCCc3ccccc32)cc1)c1ccccc1-c1ccccc1. The van der Waals surface area contributed by atoms with E-state index in [9.17, 15) is 23.3 Å².